The SMILES string of the molecule is CCCCCCCCCCCC(=O)N(N)C1CC(C)(C)NC(C)(C)C1. The molecule has 0 atom stereocenters. The minimum Gasteiger partial charge on any atom is -0.307 e. The van der Waals surface area contributed by atoms with Crippen LogP contribution in [0.1, 0.15) is 112 Å². The number of nitrogens with zero attached hydrogens (tertiary/aromatic N) is 1. The molecular formula is C21H43N3O. The number of amides is 1. The second-order valence-electron chi connectivity index (χ2n) is 9.33. The van der Waals surface area contributed by atoms with Gasteiger partial charge in [-0.2, -0.15) is 0 Å². The van der Waals surface area contributed by atoms with Gasteiger partial charge in [-0.3, -0.25) is 9.80 Å². The number of carbonyl (C=O) groups is 1. The van der Waals surface area contributed by atoms with Gasteiger partial charge >= 0.3 is 0 Å². The molecule has 1 aliphatic heterocycles. The molecule has 25 heavy (non-hydrogen) atoms. The van der Waals surface area contributed by atoms with Gasteiger partial charge in [-0.25, -0.2) is 5.84 Å². The van der Waals surface area contributed by atoms with Crippen molar-refractivity contribution in [3.63, 3.8) is 0 Å². The summed E-state index contributed by atoms with van der Waals surface area (Å²) in [4.78, 5) is 12.5. The van der Waals surface area contributed by atoms with E-state index in [0.29, 0.717) is 6.42 Å². The van der Waals surface area contributed by atoms with E-state index in [1.807, 2.05) is 0 Å². The summed E-state index contributed by atoms with van der Waals surface area (Å²) < 4.78 is 0. The topological polar surface area (TPSA) is 58.4 Å². The summed E-state index contributed by atoms with van der Waals surface area (Å²) in [6.07, 6.45) is 13.9. The van der Waals surface area contributed by atoms with Crippen molar-refractivity contribution in [1.82, 2.24) is 10.3 Å². The van der Waals surface area contributed by atoms with Crippen LogP contribution < -0.4 is 11.2 Å². The molecule has 1 saturated heterocycles. The van der Waals surface area contributed by atoms with Crippen molar-refractivity contribution in [2.45, 2.75) is 129 Å². The Kier molecular flexibility index (Phi) is 9.44. The third-order valence-corrected chi connectivity index (χ3v) is 5.34. The van der Waals surface area contributed by atoms with Crippen LogP contribution in [-0.4, -0.2) is 28.0 Å². The highest BCUT2D eigenvalue weighted by molar-refractivity contribution is 5.75. The number of hydrazine groups is 1. The molecule has 0 bridgehead atoms. The van der Waals surface area contributed by atoms with Crippen LogP contribution >= 0.6 is 0 Å². The zero-order valence-electron chi connectivity index (χ0n) is 17.5. The molecule has 3 N–H and O–H groups in total. The van der Waals surface area contributed by atoms with E-state index >= 15 is 0 Å². The van der Waals surface area contributed by atoms with Crippen LogP contribution in [0, 0.1) is 0 Å². The number of piperidine rings is 1. The van der Waals surface area contributed by atoms with Gasteiger partial charge in [0.05, 0.1) is 6.04 Å². The predicted molar refractivity (Wildman–Crippen MR) is 107 cm³/mol. The Morgan fingerprint density at radius 3 is 1.84 bits per heavy atom. The highest BCUT2D eigenvalue weighted by Crippen LogP contribution is 2.30. The molecule has 1 rings (SSSR count). The number of nitrogens with one attached hydrogen (secondary N) is 1. The molecule has 0 unspecified atom stereocenters. The van der Waals surface area contributed by atoms with Gasteiger partial charge in [-0.15, -0.1) is 0 Å². The van der Waals surface area contributed by atoms with Crippen LogP contribution in [0.15, 0.2) is 0 Å². The lowest BCUT2D eigenvalue weighted by molar-refractivity contribution is -0.135. The summed E-state index contributed by atoms with van der Waals surface area (Å²) in [5, 5.41) is 5.18. The fourth-order valence-electron chi connectivity index (χ4n) is 4.38. The minimum atomic E-state index is 0.0160. The Balaban J connectivity index is 2.21. The number of hydrogen-bond acceptors (Lipinski definition) is 3. The first-order chi connectivity index (χ1) is 11.7. The second-order valence-corrected chi connectivity index (χ2v) is 9.33. The first-order valence-corrected chi connectivity index (χ1v) is 10.5. The zero-order chi connectivity index (χ0) is 18.9. The van der Waals surface area contributed by atoms with E-state index < -0.39 is 0 Å². The monoisotopic (exact) mass is 353 g/mol. The highest BCUT2D eigenvalue weighted by atomic mass is 16.2. The van der Waals surface area contributed by atoms with Gasteiger partial charge in [-0.05, 0) is 47.0 Å². The zero-order valence-corrected chi connectivity index (χ0v) is 17.5. The summed E-state index contributed by atoms with van der Waals surface area (Å²) in [6.45, 7) is 11.0. The van der Waals surface area contributed by atoms with E-state index in [9.17, 15) is 4.79 Å². The van der Waals surface area contributed by atoms with Crippen LogP contribution in [0.5, 0.6) is 0 Å². The molecule has 0 saturated carbocycles. The molecule has 1 aliphatic rings. The van der Waals surface area contributed by atoms with E-state index in [4.69, 9.17) is 5.84 Å². The van der Waals surface area contributed by atoms with E-state index in [-0.39, 0.29) is 23.0 Å². The minimum absolute atomic E-state index is 0.0160. The molecule has 0 aliphatic carbocycles. The number of hydrogen-bond donors (Lipinski definition) is 2. The highest BCUT2D eigenvalue weighted by Gasteiger charge is 2.40. The van der Waals surface area contributed by atoms with E-state index in [1.54, 1.807) is 0 Å². The second kappa shape index (κ2) is 10.5. The van der Waals surface area contributed by atoms with Crippen molar-refractivity contribution in [1.29, 1.82) is 0 Å². The normalized spacial score (nSPS) is 19.8. The third kappa shape index (κ3) is 9.05. The maximum atomic E-state index is 12.5. The average Bonchev–Trinajstić information content (AvgIpc) is 2.49. The Bertz CT molecular complexity index is 377. The Morgan fingerprint density at radius 2 is 1.36 bits per heavy atom. The summed E-state index contributed by atoms with van der Waals surface area (Å²) >= 11 is 0. The van der Waals surface area contributed by atoms with Crippen LogP contribution in [0.25, 0.3) is 0 Å². The van der Waals surface area contributed by atoms with Gasteiger partial charge in [0.1, 0.15) is 0 Å². The van der Waals surface area contributed by atoms with E-state index in [1.165, 1.54) is 50.0 Å². The first kappa shape index (κ1) is 22.4. The van der Waals surface area contributed by atoms with Crippen molar-refractivity contribution in [3.8, 4) is 0 Å². The lowest BCUT2D eigenvalue weighted by atomic mass is 9.79. The molecule has 148 valence electrons. The average molecular weight is 354 g/mol. The summed E-state index contributed by atoms with van der Waals surface area (Å²) in [5.74, 6) is 6.31. The molecule has 0 aromatic heterocycles. The lowest BCUT2D eigenvalue weighted by Crippen LogP contribution is -2.64. The number of carbonyl (C=O) groups excluding carboxylic acids is 1. The number of rotatable bonds is 11. The first-order valence-electron chi connectivity index (χ1n) is 10.5. The molecule has 4 heteroatoms. The maximum Gasteiger partial charge on any atom is 0.236 e. The summed E-state index contributed by atoms with van der Waals surface area (Å²) in [6, 6.07) is 0.136. The van der Waals surface area contributed by atoms with Gasteiger partial charge in [0.15, 0.2) is 0 Å². The van der Waals surface area contributed by atoms with Gasteiger partial charge in [0.2, 0.25) is 5.91 Å². The van der Waals surface area contributed by atoms with Crippen molar-refractivity contribution in [2.24, 2.45) is 5.84 Å². The molecule has 0 radical (unpaired) electrons. The Morgan fingerprint density at radius 1 is 0.920 bits per heavy atom. The van der Waals surface area contributed by atoms with Crippen molar-refractivity contribution < 1.29 is 4.79 Å². The fraction of sp³-hybridized carbons (Fsp3) is 0.952. The predicted octanol–water partition coefficient (Wildman–Crippen LogP) is 4.92. The van der Waals surface area contributed by atoms with Crippen LogP contribution in [0.4, 0.5) is 0 Å². The van der Waals surface area contributed by atoms with E-state index in [0.717, 1.165) is 25.7 Å². The van der Waals surface area contributed by atoms with Crippen LogP contribution in [0.2, 0.25) is 0 Å². The van der Waals surface area contributed by atoms with Crippen LogP contribution in [0.3, 0.4) is 0 Å². The number of nitrogens with two attached hydrogens (primary N) is 1. The van der Waals surface area contributed by atoms with Crippen LogP contribution in [-0.2, 0) is 4.79 Å². The maximum absolute atomic E-state index is 12.5. The molecule has 1 heterocycles. The quantitative estimate of drug-likeness (QED) is 0.240. The van der Waals surface area contributed by atoms with Gasteiger partial charge in [0.25, 0.3) is 0 Å². The fourth-order valence-corrected chi connectivity index (χ4v) is 4.38. The Hall–Kier alpha value is -0.610. The smallest absolute Gasteiger partial charge is 0.236 e. The molecule has 4 nitrogen and oxygen atoms in total. The number of unbranched alkanes of at least 4 members (excludes halogenated alkanes) is 8. The molecule has 1 fully saturated rings. The molecule has 0 aromatic carbocycles. The summed E-state index contributed by atoms with van der Waals surface area (Å²) in [5.41, 5.74) is 0.0319. The molecule has 0 spiro atoms. The summed E-state index contributed by atoms with van der Waals surface area (Å²) in [7, 11) is 0. The largest absolute Gasteiger partial charge is 0.307 e. The van der Waals surface area contributed by atoms with Crippen molar-refractivity contribution in [2.75, 3.05) is 0 Å². The van der Waals surface area contributed by atoms with Crippen molar-refractivity contribution in [3.05, 3.63) is 0 Å². The lowest BCUT2D eigenvalue weighted by Gasteiger charge is -2.48. The molecular weight excluding hydrogens is 310 g/mol. The third-order valence-electron chi connectivity index (χ3n) is 5.34. The van der Waals surface area contributed by atoms with Gasteiger partial charge in [-0.1, -0.05) is 58.3 Å². The van der Waals surface area contributed by atoms with E-state index in [2.05, 4.69) is 39.9 Å². The molecule has 0 aromatic rings. The molecule has 1 amide bonds. The standard InChI is InChI=1S/C21H43N3O/c1-6-7-8-9-10-11-12-13-14-15-19(25)24(22)18-16-20(2,3)23-21(4,5)17-18/h18,23H,6-17,22H2,1-5H3. The van der Waals surface area contributed by atoms with Gasteiger partial charge < -0.3 is 5.32 Å². The Labute approximate surface area is 156 Å². The van der Waals surface area contributed by atoms with Gasteiger partial charge in [0, 0.05) is 17.5 Å². The van der Waals surface area contributed by atoms with Crippen molar-refractivity contribution >= 4 is 5.91 Å².